The fourth-order valence-corrected chi connectivity index (χ4v) is 2.60. The van der Waals surface area contributed by atoms with E-state index in [0.717, 1.165) is 4.47 Å². The highest BCUT2D eigenvalue weighted by molar-refractivity contribution is 9.10. The lowest BCUT2D eigenvalue weighted by molar-refractivity contribution is -0.124. The molecule has 2 N–H and O–H groups in total. The lowest BCUT2D eigenvalue weighted by Crippen LogP contribution is -2.20. The number of hydrogen-bond acceptors (Lipinski definition) is 5. The number of anilines is 1. The summed E-state index contributed by atoms with van der Waals surface area (Å²) < 4.78 is 11.3. The molecule has 0 spiro atoms. The number of halogens is 1. The van der Waals surface area contributed by atoms with Crippen LogP contribution in [0.5, 0.6) is 11.5 Å². The van der Waals surface area contributed by atoms with Crippen molar-refractivity contribution in [3.05, 3.63) is 52.5 Å². The van der Waals surface area contributed by atoms with Gasteiger partial charge < -0.3 is 14.8 Å². The van der Waals surface area contributed by atoms with Crippen molar-refractivity contribution in [2.75, 3.05) is 19.5 Å². The Bertz CT molecular complexity index is 839. The zero-order valence-electron chi connectivity index (χ0n) is 15.0. The summed E-state index contributed by atoms with van der Waals surface area (Å²) in [6.45, 7) is 0. The fraction of sp³-hybridized carbons (Fsp3) is 0.211. The molecule has 0 bridgehead atoms. The summed E-state index contributed by atoms with van der Waals surface area (Å²) in [7, 11) is 3.08. The van der Waals surface area contributed by atoms with Crippen LogP contribution in [0.3, 0.4) is 0 Å². The molecule has 142 valence electrons. The lowest BCUT2D eigenvalue weighted by atomic mass is 10.2. The average molecular weight is 434 g/mol. The number of carbonyl (C=O) groups excluding carboxylic acids is 2. The summed E-state index contributed by atoms with van der Waals surface area (Å²) in [5.74, 6) is 0.540. The molecule has 0 aliphatic heterocycles. The molecule has 0 aliphatic carbocycles. The maximum absolute atomic E-state index is 12.0. The number of carbonyl (C=O) groups is 2. The first-order chi connectivity index (χ1) is 13.0. The summed E-state index contributed by atoms with van der Waals surface area (Å²) in [6, 6.07) is 12.5. The van der Waals surface area contributed by atoms with E-state index in [-0.39, 0.29) is 24.7 Å². The average Bonchev–Trinajstić information content (AvgIpc) is 2.67. The Balaban J connectivity index is 1.82. The topological polar surface area (TPSA) is 89.0 Å². The van der Waals surface area contributed by atoms with Crippen LogP contribution in [0.4, 0.5) is 5.69 Å². The van der Waals surface area contributed by atoms with Gasteiger partial charge in [0, 0.05) is 22.9 Å². The number of nitrogens with zero attached hydrogens (tertiary/aromatic N) is 1. The van der Waals surface area contributed by atoms with Crippen LogP contribution < -0.4 is 20.2 Å². The van der Waals surface area contributed by atoms with E-state index in [4.69, 9.17) is 9.47 Å². The van der Waals surface area contributed by atoms with Crippen molar-refractivity contribution in [2.45, 2.75) is 12.8 Å². The number of amides is 2. The predicted molar refractivity (Wildman–Crippen MR) is 107 cm³/mol. The Morgan fingerprint density at radius 3 is 2.48 bits per heavy atom. The standard InChI is InChI=1S/C19H20BrN3O4/c1-26-16-8-7-14(20)11-13(16)12-21-23-19(25)10-9-18(24)22-15-5-3-4-6-17(15)27-2/h3-8,11-12H,9-10H2,1-2H3,(H,22,24)(H,23,25)/b21-12+. The van der Waals surface area contributed by atoms with E-state index in [1.165, 1.54) is 13.3 Å². The van der Waals surface area contributed by atoms with E-state index in [2.05, 4.69) is 31.8 Å². The molecule has 2 aromatic rings. The number of methoxy groups -OCH3 is 2. The van der Waals surface area contributed by atoms with Crippen LogP contribution in [-0.4, -0.2) is 32.2 Å². The lowest BCUT2D eigenvalue weighted by Gasteiger charge is -2.09. The fourth-order valence-electron chi connectivity index (χ4n) is 2.22. The molecule has 0 fully saturated rings. The highest BCUT2D eigenvalue weighted by Gasteiger charge is 2.09. The Hall–Kier alpha value is -2.87. The van der Waals surface area contributed by atoms with Crippen molar-refractivity contribution in [1.82, 2.24) is 5.43 Å². The Morgan fingerprint density at radius 1 is 1.04 bits per heavy atom. The quantitative estimate of drug-likeness (QED) is 0.493. The predicted octanol–water partition coefficient (Wildman–Crippen LogP) is 3.34. The summed E-state index contributed by atoms with van der Waals surface area (Å²) in [6.07, 6.45) is 1.52. The van der Waals surface area contributed by atoms with Crippen molar-refractivity contribution in [3.63, 3.8) is 0 Å². The molecule has 0 saturated carbocycles. The minimum Gasteiger partial charge on any atom is -0.496 e. The summed E-state index contributed by atoms with van der Waals surface area (Å²) >= 11 is 3.37. The molecule has 27 heavy (non-hydrogen) atoms. The number of benzene rings is 2. The number of hydrogen-bond donors (Lipinski definition) is 2. The molecular formula is C19H20BrN3O4. The molecular weight excluding hydrogens is 414 g/mol. The number of hydrazone groups is 1. The largest absolute Gasteiger partial charge is 0.496 e. The van der Waals surface area contributed by atoms with Gasteiger partial charge in [-0.2, -0.15) is 5.10 Å². The second-order valence-electron chi connectivity index (χ2n) is 5.43. The molecule has 2 amide bonds. The maximum Gasteiger partial charge on any atom is 0.240 e. The molecule has 2 aromatic carbocycles. The smallest absolute Gasteiger partial charge is 0.240 e. The third-order valence-corrected chi connectivity index (χ3v) is 4.04. The van der Waals surface area contributed by atoms with Gasteiger partial charge in [0.25, 0.3) is 0 Å². The van der Waals surface area contributed by atoms with Crippen LogP contribution in [0.15, 0.2) is 52.0 Å². The molecule has 0 saturated heterocycles. The van der Waals surface area contributed by atoms with Crippen LogP contribution in [0.1, 0.15) is 18.4 Å². The zero-order valence-corrected chi connectivity index (χ0v) is 16.6. The molecule has 0 unspecified atom stereocenters. The number of nitrogens with one attached hydrogen (secondary N) is 2. The van der Waals surface area contributed by atoms with Crippen LogP contribution in [0.25, 0.3) is 0 Å². The molecule has 2 rings (SSSR count). The van der Waals surface area contributed by atoms with E-state index in [1.54, 1.807) is 37.4 Å². The first-order valence-corrected chi connectivity index (χ1v) is 8.91. The third kappa shape index (κ3) is 6.41. The van der Waals surface area contributed by atoms with Crippen molar-refractivity contribution in [2.24, 2.45) is 5.10 Å². The van der Waals surface area contributed by atoms with Gasteiger partial charge in [-0.1, -0.05) is 28.1 Å². The van der Waals surface area contributed by atoms with E-state index in [0.29, 0.717) is 22.7 Å². The molecule has 7 nitrogen and oxygen atoms in total. The van der Waals surface area contributed by atoms with E-state index in [1.807, 2.05) is 12.1 Å². The van der Waals surface area contributed by atoms with Gasteiger partial charge in [-0.05, 0) is 30.3 Å². The number of ether oxygens (including phenoxy) is 2. The normalized spacial score (nSPS) is 10.5. The first-order valence-electron chi connectivity index (χ1n) is 8.11. The van der Waals surface area contributed by atoms with Crippen molar-refractivity contribution in [1.29, 1.82) is 0 Å². The van der Waals surface area contributed by atoms with Gasteiger partial charge in [0.05, 0.1) is 26.1 Å². The van der Waals surface area contributed by atoms with Crippen molar-refractivity contribution >= 4 is 39.6 Å². The minimum absolute atomic E-state index is 0.00788. The van der Waals surface area contributed by atoms with Gasteiger partial charge in [-0.15, -0.1) is 0 Å². The monoisotopic (exact) mass is 433 g/mol. The van der Waals surface area contributed by atoms with Gasteiger partial charge in [-0.25, -0.2) is 5.43 Å². The van der Waals surface area contributed by atoms with E-state index >= 15 is 0 Å². The second kappa shape index (κ2) is 10.3. The minimum atomic E-state index is -0.365. The van der Waals surface area contributed by atoms with Gasteiger partial charge in [0.15, 0.2) is 0 Å². The van der Waals surface area contributed by atoms with E-state index < -0.39 is 0 Å². The molecule has 0 heterocycles. The van der Waals surface area contributed by atoms with Crippen LogP contribution >= 0.6 is 15.9 Å². The van der Waals surface area contributed by atoms with Crippen molar-refractivity contribution < 1.29 is 19.1 Å². The molecule has 0 aliphatic rings. The Morgan fingerprint density at radius 2 is 1.74 bits per heavy atom. The van der Waals surface area contributed by atoms with Gasteiger partial charge >= 0.3 is 0 Å². The highest BCUT2D eigenvalue weighted by Crippen LogP contribution is 2.23. The van der Waals surface area contributed by atoms with Crippen LogP contribution in [-0.2, 0) is 9.59 Å². The number of rotatable bonds is 8. The number of para-hydroxylation sites is 2. The summed E-state index contributed by atoms with van der Waals surface area (Å²) in [4.78, 5) is 23.9. The molecule has 0 radical (unpaired) electrons. The van der Waals surface area contributed by atoms with Gasteiger partial charge in [0.2, 0.25) is 11.8 Å². The van der Waals surface area contributed by atoms with E-state index in [9.17, 15) is 9.59 Å². The first kappa shape index (κ1) is 20.4. The molecule has 8 heteroatoms. The van der Waals surface area contributed by atoms with Crippen LogP contribution in [0.2, 0.25) is 0 Å². The maximum atomic E-state index is 12.0. The van der Waals surface area contributed by atoms with Gasteiger partial charge in [0.1, 0.15) is 11.5 Å². The summed E-state index contributed by atoms with van der Waals surface area (Å²) in [5, 5.41) is 6.62. The SMILES string of the molecule is COc1ccc(Br)cc1/C=N/NC(=O)CCC(=O)Nc1ccccc1OC. The third-order valence-electron chi connectivity index (χ3n) is 3.54. The van der Waals surface area contributed by atoms with Crippen LogP contribution in [0, 0.1) is 0 Å². The van der Waals surface area contributed by atoms with Crippen molar-refractivity contribution in [3.8, 4) is 11.5 Å². The molecule has 0 atom stereocenters. The summed E-state index contributed by atoms with van der Waals surface area (Å²) in [5.41, 5.74) is 3.67. The second-order valence-corrected chi connectivity index (χ2v) is 6.34. The molecule has 0 aromatic heterocycles. The zero-order chi connectivity index (χ0) is 19.6. The highest BCUT2D eigenvalue weighted by atomic mass is 79.9. The van der Waals surface area contributed by atoms with Gasteiger partial charge in [-0.3, -0.25) is 9.59 Å². The Labute approximate surface area is 165 Å². The Kier molecular flexibility index (Phi) is 7.81.